The first-order chi connectivity index (χ1) is 10.1. The van der Waals surface area contributed by atoms with E-state index in [1.54, 1.807) is 11.8 Å². The Morgan fingerprint density at radius 3 is 2.67 bits per heavy atom. The highest BCUT2D eigenvalue weighted by Crippen LogP contribution is 2.19. The molecule has 21 heavy (non-hydrogen) atoms. The average molecular weight is 307 g/mol. The van der Waals surface area contributed by atoms with Crippen LogP contribution in [-0.2, 0) is 4.79 Å². The minimum absolute atomic E-state index is 0.00721. The molecule has 1 N–H and O–H groups in total. The molecular formula is C17H25NO2S. The Hall–Kier alpha value is -1.16. The molecule has 1 aromatic carbocycles. The van der Waals surface area contributed by atoms with Gasteiger partial charge in [-0.25, -0.2) is 0 Å². The summed E-state index contributed by atoms with van der Waals surface area (Å²) in [5.74, 6) is 1.89. The first-order valence-corrected chi connectivity index (χ1v) is 8.81. The number of carbonyl (C=O) groups excluding carboxylic acids is 1. The number of carbonyl (C=O) groups is 1. The molecule has 0 aromatic heterocycles. The lowest BCUT2D eigenvalue weighted by molar-refractivity contribution is -0.120. The molecule has 0 aliphatic heterocycles. The van der Waals surface area contributed by atoms with Gasteiger partial charge in [-0.3, -0.25) is 4.79 Å². The molecule has 0 heterocycles. The first kappa shape index (κ1) is 16.2. The third-order valence-corrected chi connectivity index (χ3v) is 4.93. The Morgan fingerprint density at radius 1 is 1.33 bits per heavy atom. The third kappa shape index (κ3) is 5.62. The molecule has 1 atom stereocenters. The highest BCUT2D eigenvalue weighted by atomic mass is 32.2. The van der Waals surface area contributed by atoms with E-state index < -0.39 is 0 Å². The maximum Gasteiger partial charge on any atom is 0.233 e. The van der Waals surface area contributed by atoms with Crippen molar-refractivity contribution in [3.05, 3.63) is 29.8 Å². The van der Waals surface area contributed by atoms with E-state index in [0.717, 1.165) is 24.3 Å². The molecule has 1 aliphatic carbocycles. The fraction of sp³-hybridized carbons (Fsp3) is 0.588. The number of hydrogen-bond acceptors (Lipinski definition) is 3. The summed E-state index contributed by atoms with van der Waals surface area (Å²) in [4.78, 5) is 12.0. The van der Waals surface area contributed by atoms with Crippen LogP contribution in [0, 0.1) is 6.92 Å². The molecular weight excluding hydrogens is 282 g/mol. The summed E-state index contributed by atoms with van der Waals surface area (Å²) in [5.41, 5.74) is 1.23. The van der Waals surface area contributed by atoms with E-state index in [0.29, 0.717) is 12.6 Å². The van der Waals surface area contributed by atoms with Gasteiger partial charge in [-0.05, 0) is 38.8 Å². The zero-order chi connectivity index (χ0) is 15.1. The summed E-state index contributed by atoms with van der Waals surface area (Å²) >= 11 is 1.65. The largest absolute Gasteiger partial charge is 0.493 e. The van der Waals surface area contributed by atoms with E-state index in [2.05, 4.69) is 12.2 Å². The smallest absolute Gasteiger partial charge is 0.233 e. The maximum atomic E-state index is 12.0. The fourth-order valence-corrected chi connectivity index (χ4v) is 3.24. The molecule has 0 spiro atoms. The molecule has 0 bridgehead atoms. The van der Waals surface area contributed by atoms with E-state index >= 15 is 0 Å². The molecule has 1 aliphatic rings. The van der Waals surface area contributed by atoms with Gasteiger partial charge in [0.15, 0.2) is 0 Å². The van der Waals surface area contributed by atoms with Crippen molar-refractivity contribution >= 4 is 17.7 Å². The van der Waals surface area contributed by atoms with Gasteiger partial charge < -0.3 is 10.1 Å². The Kier molecular flexibility index (Phi) is 6.43. The summed E-state index contributed by atoms with van der Waals surface area (Å²) in [6.45, 7) is 4.67. The van der Waals surface area contributed by atoms with Crippen molar-refractivity contribution in [2.45, 2.75) is 50.8 Å². The number of nitrogens with one attached hydrogen (secondary N) is 1. The number of benzene rings is 1. The molecule has 3 nitrogen and oxygen atoms in total. The van der Waals surface area contributed by atoms with Crippen LogP contribution in [0.15, 0.2) is 24.3 Å². The summed E-state index contributed by atoms with van der Waals surface area (Å²) in [6, 6.07) is 8.46. The van der Waals surface area contributed by atoms with Gasteiger partial charge in [0.1, 0.15) is 5.75 Å². The van der Waals surface area contributed by atoms with Crippen LogP contribution < -0.4 is 10.1 Å². The number of aryl methyl sites for hydroxylation is 1. The molecule has 116 valence electrons. The highest BCUT2D eigenvalue weighted by molar-refractivity contribution is 8.00. The van der Waals surface area contributed by atoms with Crippen LogP contribution in [0.3, 0.4) is 0 Å². The molecule has 1 saturated carbocycles. The summed E-state index contributed by atoms with van der Waals surface area (Å²) in [6.07, 6.45) is 4.77. The zero-order valence-corrected chi connectivity index (χ0v) is 13.7. The predicted octanol–water partition coefficient (Wildman–Crippen LogP) is 3.55. The second-order valence-corrected chi connectivity index (χ2v) is 7.11. The quantitative estimate of drug-likeness (QED) is 0.783. The van der Waals surface area contributed by atoms with E-state index in [1.807, 2.05) is 31.2 Å². The average Bonchev–Trinajstić information content (AvgIpc) is 2.98. The van der Waals surface area contributed by atoms with Crippen molar-refractivity contribution in [2.75, 3.05) is 12.4 Å². The minimum atomic E-state index is -0.00721. The molecule has 0 saturated heterocycles. The number of ether oxygens (including phenoxy) is 1. The van der Waals surface area contributed by atoms with Gasteiger partial charge in [0.2, 0.25) is 5.91 Å². The van der Waals surface area contributed by atoms with E-state index in [4.69, 9.17) is 4.74 Å². The topological polar surface area (TPSA) is 38.3 Å². The van der Waals surface area contributed by atoms with Crippen LogP contribution in [0.5, 0.6) is 5.75 Å². The monoisotopic (exact) mass is 307 g/mol. The summed E-state index contributed by atoms with van der Waals surface area (Å²) < 4.78 is 5.67. The lowest BCUT2D eigenvalue weighted by atomic mass is 10.2. The number of rotatable bonds is 7. The van der Waals surface area contributed by atoms with Gasteiger partial charge in [0, 0.05) is 11.8 Å². The van der Waals surface area contributed by atoms with E-state index in [1.165, 1.54) is 18.4 Å². The normalized spacial score (nSPS) is 16.7. The lowest BCUT2D eigenvalue weighted by Crippen LogP contribution is -2.37. The number of thioether (sulfide) groups is 1. The molecule has 1 aromatic rings. The molecule has 2 rings (SSSR count). The van der Waals surface area contributed by atoms with Gasteiger partial charge in [-0.15, -0.1) is 11.8 Å². The third-order valence-electron chi connectivity index (χ3n) is 3.81. The molecule has 4 heteroatoms. The van der Waals surface area contributed by atoms with Gasteiger partial charge in [0.25, 0.3) is 0 Å². The lowest BCUT2D eigenvalue weighted by Gasteiger charge is -2.16. The van der Waals surface area contributed by atoms with E-state index in [9.17, 15) is 4.79 Å². The van der Waals surface area contributed by atoms with Crippen molar-refractivity contribution in [3.8, 4) is 5.75 Å². The highest BCUT2D eigenvalue weighted by Gasteiger charge is 2.20. The number of hydrogen-bond donors (Lipinski definition) is 1. The van der Waals surface area contributed by atoms with Crippen LogP contribution in [0.2, 0.25) is 0 Å². The van der Waals surface area contributed by atoms with Crippen LogP contribution >= 0.6 is 11.8 Å². The minimum Gasteiger partial charge on any atom is -0.493 e. The van der Waals surface area contributed by atoms with Crippen LogP contribution in [0.4, 0.5) is 0 Å². The summed E-state index contributed by atoms with van der Waals surface area (Å²) in [5, 5.41) is 3.14. The fourth-order valence-electron chi connectivity index (χ4n) is 2.48. The van der Waals surface area contributed by atoms with Gasteiger partial charge >= 0.3 is 0 Å². The Morgan fingerprint density at radius 2 is 2.00 bits per heavy atom. The van der Waals surface area contributed by atoms with Crippen molar-refractivity contribution < 1.29 is 9.53 Å². The first-order valence-electron chi connectivity index (χ1n) is 7.76. The second kappa shape index (κ2) is 8.32. The molecule has 1 amide bonds. The SMILES string of the molecule is Cc1ccc(OCCSC(C)C(=O)NC2CCCC2)cc1. The summed E-state index contributed by atoms with van der Waals surface area (Å²) in [7, 11) is 0. The van der Waals surface area contributed by atoms with Gasteiger partial charge in [-0.2, -0.15) is 0 Å². The van der Waals surface area contributed by atoms with Crippen LogP contribution in [0.1, 0.15) is 38.2 Å². The zero-order valence-electron chi connectivity index (χ0n) is 12.9. The molecule has 1 unspecified atom stereocenters. The van der Waals surface area contributed by atoms with Crippen molar-refractivity contribution in [1.29, 1.82) is 0 Å². The predicted molar refractivity (Wildman–Crippen MR) is 89.0 cm³/mol. The van der Waals surface area contributed by atoms with Crippen molar-refractivity contribution in [1.82, 2.24) is 5.32 Å². The number of amides is 1. The second-order valence-electron chi connectivity index (χ2n) is 5.66. The Labute approximate surface area is 131 Å². The Balaban J connectivity index is 1.60. The Bertz CT molecular complexity index is 441. The van der Waals surface area contributed by atoms with Crippen LogP contribution in [-0.4, -0.2) is 29.6 Å². The van der Waals surface area contributed by atoms with Crippen molar-refractivity contribution in [3.63, 3.8) is 0 Å². The standard InChI is InChI=1S/C17H25NO2S/c1-13-7-9-16(10-8-13)20-11-12-21-14(2)17(19)18-15-5-3-4-6-15/h7-10,14-15H,3-6,11-12H2,1-2H3,(H,18,19). The van der Waals surface area contributed by atoms with Gasteiger partial charge in [-0.1, -0.05) is 30.5 Å². The van der Waals surface area contributed by atoms with Crippen molar-refractivity contribution in [2.24, 2.45) is 0 Å². The maximum absolute atomic E-state index is 12.0. The van der Waals surface area contributed by atoms with Gasteiger partial charge in [0.05, 0.1) is 11.9 Å². The van der Waals surface area contributed by atoms with Crippen LogP contribution in [0.25, 0.3) is 0 Å². The molecule has 0 radical (unpaired) electrons. The molecule has 1 fully saturated rings. The van der Waals surface area contributed by atoms with E-state index in [-0.39, 0.29) is 11.2 Å².